The molecule has 2 unspecified atom stereocenters. The van der Waals surface area contributed by atoms with Crippen LogP contribution in [0.5, 0.6) is 11.5 Å². The number of para-hydroxylation sites is 1. The monoisotopic (exact) mass is 250 g/mol. The van der Waals surface area contributed by atoms with Crippen LogP contribution in [-0.2, 0) is 0 Å². The minimum absolute atomic E-state index is 0.0977. The molecule has 1 aromatic carbocycles. The molecule has 0 aliphatic carbocycles. The Morgan fingerprint density at radius 3 is 2.94 bits per heavy atom. The minimum Gasteiger partial charge on any atom is -0.504 e. The van der Waals surface area contributed by atoms with E-state index < -0.39 is 0 Å². The van der Waals surface area contributed by atoms with Gasteiger partial charge in [0.2, 0.25) is 0 Å². The maximum atomic E-state index is 12.0. The summed E-state index contributed by atoms with van der Waals surface area (Å²) in [5.74, 6) is -0.637. The summed E-state index contributed by atoms with van der Waals surface area (Å²) in [6.07, 6.45) is 0.868. The van der Waals surface area contributed by atoms with Crippen LogP contribution in [0.1, 0.15) is 23.7 Å². The topological polar surface area (TPSA) is 81.6 Å². The molecule has 1 aliphatic rings. The fraction of sp³-hybridized carbons (Fsp3) is 0.462. The summed E-state index contributed by atoms with van der Waals surface area (Å²) >= 11 is 0. The van der Waals surface area contributed by atoms with Gasteiger partial charge in [0.15, 0.2) is 11.5 Å². The van der Waals surface area contributed by atoms with Gasteiger partial charge in [0.05, 0.1) is 5.56 Å². The zero-order chi connectivity index (χ0) is 13.1. The zero-order valence-corrected chi connectivity index (χ0v) is 10.3. The summed E-state index contributed by atoms with van der Waals surface area (Å²) < 4.78 is 0. The third-order valence-electron chi connectivity index (χ3n) is 3.36. The van der Waals surface area contributed by atoms with Crippen molar-refractivity contribution in [1.29, 1.82) is 0 Å². The lowest BCUT2D eigenvalue weighted by atomic mass is 9.95. The van der Waals surface area contributed by atoms with Crippen LogP contribution in [0.3, 0.4) is 0 Å². The number of carbonyl (C=O) groups excluding carboxylic acids is 1. The second-order valence-electron chi connectivity index (χ2n) is 4.72. The van der Waals surface area contributed by atoms with Crippen LogP contribution < -0.4 is 10.6 Å². The molecular formula is C13H18N2O3. The van der Waals surface area contributed by atoms with Gasteiger partial charge in [-0.1, -0.05) is 13.0 Å². The van der Waals surface area contributed by atoms with E-state index in [1.807, 2.05) is 0 Å². The fourth-order valence-corrected chi connectivity index (χ4v) is 2.19. The lowest BCUT2D eigenvalue weighted by Gasteiger charge is -2.30. The van der Waals surface area contributed by atoms with E-state index in [0.717, 1.165) is 19.5 Å². The molecule has 1 heterocycles. The highest BCUT2D eigenvalue weighted by Gasteiger charge is 2.24. The third kappa shape index (κ3) is 2.56. The van der Waals surface area contributed by atoms with Crippen LogP contribution in [-0.4, -0.2) is 35.3 Å². The Bertz CT molecular complexity index is 448. The van der Waals surface area contributed by atoms with Crippen LogP contribution in [0, 0.1) is 5.92 Å². The number of hydrogen-bond donors (Lipinski definition) is 4. The van der Waals surface area contributed by atoms with E-state index in [-0.39, 0.29) is 29.0 Å². The molecule has 98 valence electrons. The van der Waals surface area contributed by atoms with Crippen LogP contribution in [0.2, 0.25) is 0 Å². The van der Waals surface area contributed by atoms with Crippen molar-refractivity contribution in [3.8, 4) is 11.5 Å². The molecule has 0 saturated carbocycles. The van der Waals surface area contributed by atoms with Crippen molar-refractivity contribution >= 4 is 5.91 Å². The molecule has 0 bridgehead atoms. The Morgan fingerprint density at radius 2 is 2.22 bits per heavy atom. The van der Waals surface area contributed by atoms with Crippen LogP contribution in [0.4, 0.5) is 0 Å². The number of hydrogen-bond acceptors (Lipinski definition) is 4. The molecular weight excluding hydrogens is 232 g/mol. The molecule has 2 atom stereocenters. The summed E-state index contributed by atoms with van der Waals surface area (Å²) in [4.78, 5) is 12.0. The van der Waals surface area contributed by atoms with Gasteiger partial charge in [-0.2, -0.15) is 0 Å². The normalized spacial score (nSPS) is 23.6. The molecule has 4 N–H and O–H groups in total. The van der Waals surface area contributed by atoms with Crippen LogP contribution >= 0.6 is 0 Å². The van der Waals surface area contributed by atoms with Gasteiger partial charge in [-0.05, 0) is 37.6 Å². The Balaban J connectivity index is 2.09. The Hall–Kier alpha value is -1.75. The highest BCUT2D eigenvalue weighted by molar-refractivity contribution is 5.97. The standard InChI is InChI=1S/C13H18N2O3/c1-8-7-14-6-5-10(8)15-13(18)9-3-2-4-11(16)12(9)17/h2-4,8,10,14,16-17H,5-7H2,1H3,(H,15,18). The van der Waals surface area contributed by atoms with Gasteiger partial charge in [-0.25, -0.2) is 0 Å². The first kappa shape index (κ1) is 12.7. The van der Waals surface area contributed by atoms with Crippen molar-refractivity contribution in [1.82, 2.24) is 10.6 Å². The number of benzene rings is 1. The number of phenols is 2. The van der Waals surface area contributed by atoms with Gasteiger partial charge >= 0.3 is 0 Å². The summed E-state index contributed by atoms with van der Waals surface area (Å²) in [5.41, 5.74) is 0.112. The lowest BCUT2D eigenvalue weighted by molar-refractivity contribution is 0.0911. The minimum atomic E-state index is -0.364. The third-order valence-corrected chi connectivity index (χ3v) is 3.36. The van der Waals surface area contributed by atoms with Gasteiger partial charge in [-0.3, -0.25) is 4.79 Å². The van der Waals surface area contributed by atoms with E-state index >= 15 is 0 Å². The average molecular weight is 250 g/mol. The van der Waals surface area contributed by atoms with Gasteiger partial charge in [-0.15, -0.1) is 0 Å². The highest BCUT2D eigenvalue weighted by atomic mass is 16.3. The van der Waals surface area contributed by atoms with Crippen molar-refractivity contribution in [2.24, 2.45) is 5.92 Å². The molecule has 0 aromatic heterocycles. The van der Waals surface area contributed by atoms with Crippen molar-refractivity contribution in [3.05, 3.63) is 23.8 Å². The summed E-state index contributed by atoms with van der Waals surface area (Å²) in [6.45, 7) is 3.82. The Morgan fingerprint density at radius 1 is 1.44 bits per heavy atom. The number of piperidine rings is 1. The van der Waals surface area contributed by atoms with E-state index in [1.165, 1.54) is 18.2 Å². The van der Waals surface area contributed by atoms with E-state index in [0.29, 0.717) is 5.92 Å². The first-order valence-electron chi connectivity index (χ1n) is 6.12. The van der Waals surface area contributed by atoms with E-state index in [4.69, 9.17) is 0 Å². The molecule has 1 saturated heterocycles. The number of rotatable bonds is 2. The molecule has 5 nitrogen and oxygen atoms in total. The van der Waals surface area contributed by atoms with Crippen LogP contribution in [0.25, 0.3) is 0 Å². The molecule has 1 amide bonds. The second-order valence-corrected chi connectivity index (χ2v) is 4.72. The van der Waals surface area contributed by atoms with E-state index in [2.05, 4.69) is 17.6 Å². The van der Waals surface area contributed by atoms with Gasteiger partial charge in [0.25, 0.3) is 5.91 Å². The molecule has 1 fully saturated rings. The van der Waals surface area contributed by atoms with E-state index in [9.17, 15) is 15.0 Å². The number of aromatic hydroxyl groups is 2. The fourth-order valence-electron chi connectivity index (χ4n) is 2.19. The van der Waals surface area contributed by atoms with Gasteiger partial charge < -0.3 is 20.8 Å². The molecule has 0 spiro atoms. The maximum Gasteiger partial charge on any atom is 0.255 e. The van der Waals surface area contributed by atoms with Crippen molar-refractivity contribution < 1.29 is 15.0 Å². The first-order valence-corrected chi connectivity index (χ1v) is 6.12. The smallest absolute Gasteiger partial charge is 0.255 e. The van der Waals surface area contributed by atoms with Crippen molar-refractivity contribution in [2.45, 2.75) is 19.4 Å². The molecule has 18 heavy (non-hydrogen) atoms. The quantitative estimate of drug-likeness (QED) is 0.586. The number of carbonyl (C=O) groups is 1. The SMILES string of the molecule is CC1CNCCC1NC(=O)c1cccc(O)c1O. The van der Waals surface area contributed by atoms with Crippen LogP contribution in [0.15, 0.2) is 18.2 Å². The molecule has 1 aromatic rings. The highest BCUT2D eigenvalue weighted by Crippen LogP contribution is 2.28. The van der Waals surface area contributed by atoms with Crippen molar-refractivity contribution in [2.75, 3.05) is 13.1 Å². The largest absolute Gasteiger partial charge is 0.504 e. The molecule has 0 radical (unpaired) electrons. The Kier molecular flexibility index (Phi) is 3.72. The maximum absolute atomic E-state index is 12.0. The molecule has 2 rings (SSSR count). The molecule has 5 heteroatoms. The zero-order valence-electron chi connectivity index (χ0n) is 10.3. The van der Waals surface area contributed by atoms with Gasteiger partial charge in [0.1, 0.15) is 0 Å². The summed E-state index contributed by atoms with van der Waals surface area (Å²) in [7, 11) is 0. The predicted molar refractivity (Wildman–Crippen MR) is 67.7 cm³/mol. The summed E-state index contributed by atoms with van der Waals surface area (Å²) in [5, 5.41) is 25.2. The summed E-state index contributed by atoms with van der Waals surface area (Å²) in [6, 6.07) is 4.48. The number of nitrogens with one attached hydrogen (secondary N) is 2. The second kappa shape index (κ2) is 5.27. The molecule has 1 aliphatic heterocycles. The van der Waals surface area contributed by atoms with Gasteiger partial charge in [0, 0.05) is 6.04 Å². The first-order chi connectivity index (χ1) is 8.59. The predicted octanol–water partition coefficient (Wildman–Crippen LogP) is 0.826. The number of phenolic OH excluding ortho intramolecular Hbond substituents is 2. The van der Waals surface area contributed by atoms with E-state index in [1.54, 1.807) is 0 Å². The number of amides is 1. The lowest BCUT2D eigenvalue weighted by Crippen LogP contribution is -2.48. The van der Waals surface area contributed by atoms with Crippen molar-refractivity contribution in [3.63, 3.8) is 0 Å². The average Bonchev–Trinajstić information content (AvgIpc) is 2.35. The Labute approximate surface area is 106 Å².